The normalized spacial score (nSPS) is 10.4. The Morgan fingerprint density at radius 2 is 1.89 bits per heavy atom. The fourth-order valence-corrected chi connectivity index (χ4v) is 2.63. The van der Waals surface area contributed by atoms with Crippen LogP contribution in [-0.2, 0) is 6.42 Å². The second-order valence-corrected chi connectivity index (χ2v) is 6.17. The van der Waals surface area contributed by atoms with Crippen LogP contribution in [0.5, 0.6) is 5.75 Å². The first-order valence-electron chi connectivity index (χ1n) is 9.12. The van der Waals surface area contributed by atoms with E-state index >= 15 is 0 Å². The molecule has 0 aliphatic rings. The van der Waals surface area contributed by atoms with Crippen molar-refractivity contribution in [2.45, 2.75) is 13.3 Å². The summed E-state index contributed by atoms with van der Waals surface area (Å²) in [5.74, 6) is 1.00. The van der Waals surface area contributed by atoms with Gasteiger partial charge in [-0.3, -0.25) is 9.78 Å². The summed E-state index contributed by atoms with van der Waals surface area (Å²) in [6.07, 6.45) is 7.53. The maximum Gasteiger partial charge on any atom is 0.275 e. The van der Waals surface area contributed by atoms with E-state index < -0.39 is 0 Å². The number of nitrogens with zero attached hydrogens (tertiary/aromatic N) is 4. The van der Waals surface area contributed by atoms with Crippen molar-refractivity contribution in [2.75, 3.05) is 30.4 Å². The fraction of sp³-hybridized carbons (Fsp3) is 0.238. The number of para-hydroxylation sites is 2. The van der Waals surface area contributed by atoms with E-state index in [0.717, 1.165) is 13.0 Å². The predicted octanol–water partition coefficient (Wildman–Crippen LogP) is 3.20. The number of nitrogens with one attached hydrogen (secondary N) is 1. The van der Waals surface area contributed by atoms with Crippen molar-refractivity contribution >= 4 is 17.4 Å². The molecule has 0 radical (unpaired) electrons. The summed E-state index contributed by atoms with van der Waals surface area (Å²) in [6.45, 7) is 3.20. The molecule has 0 aliphatic heterocycles. The van der Waals surface area contributed by atoms with Crippen LogP contribution < -0.4 is 15.0 Å². The molecule has 0 spiro atoms. The maximum atomic E-state index is 12.5. The minimum atomic E-state index is -0.328. The smallest absolute Gasteiger partial charge is 0.275 e. The lowest BCUT2D eigenvalue weighted by molar-refractivity contribution is 0.102. The van der Waals surface area contributed by atoms with Gasteiger partial charge < -0.3 is 15.0 Å². The van der Waals surface area contributed by atoms with Gasteiger partial charge in [0.15, 0.2) is 0 Å². The lowest BCUT2D eigenvalue weighted by Crippen LogP contribution is -2.22. The van der Waals surface area contributed by atoms with E-state index in [1.54, 1.807) is 24.7 Å². The quantitative estimate of drug-likeness (QED) is 0.649. The average Bonchev–Trinajstić information content (AvgIpc) is 2.74. The number of benzene rings is 1. The highest BCUT2D eigenvalue weighted by molar-refractivity contribution is 6.03. The molecule has 1 aromatic carbocycles. The van der Waals surface area contributed by atoms with Crippen LogP contribution in [0, 0.1) is 0 Å². The molecule has 3 aromatic rings. The van der Waals surface area contributed by atoms with E-state index in [2.05, 4.69) is 20.3 Å². The zero-order chi connectivity index (χ0) is 19.8. The summed E-state index contributed by atoms with van der Waals surface area (Å²) in [7, 11) is 1.95. The second-order valence-electron chi connectivity index (χ2n) is 6.17. The number of pyridine rings is 1. The molecule has 7 heteroatoms. The Labute approximate surface area is 164 Å². The monoisotopic (exact) mass is 377 g/mol. The standard InChI is InChI=1S/C21H23N5O2/c1-3-28-19-7-5-4-6-17(19)25-21(27)18-14-24-20(15-23-18)26(2)13-10-16-8-11-22-12-9-16/h4-9,11-12,14-15H,3,10,13H2,1-2H3,(H,25,27). The van der Waals surface area contributed by atoms with Crippen molar-refractivity contribution in [2.24, 2.45) is 0 Å². The average molecular weight is 377 g/mol. The van der Waals surface area contributed by atoms with Crippen molar-refractivity contribution in [1.29, 1.82) is 0 Å². The molecule has 0 atom stereocenters. The van der Waals surface area contributed by atoms with Crippen molar-refractivity contribution < 1.29 is 9.53 Å². The molecule has 0 bridgehead atoms. The number of amides is 1. The van der Waals surface area contributed by atoms with Gasteiger partial charge in [-0.1, -0.05) is 12.1 Å². The molecule has 28 heavy (non-hydrogen) atoms. The number of likely N-dealkylation sites (N-methyl/N-ethyl adjacent to an activating group) is 1. The van der Waals surface area contributed by atoms with Crippen molar-refractivity contribution in [1.82, 2.24) is 15.0 Å². The third kappa shape index (κ3) is 5.03. The highest BCUT2D eigenvalue weighted by Crippen LogP contribution is 2.24. The zero-order valence-corrected chi connectivity index (χ0v) is 16.0. The Kier molecular flexibility index (Phi) is 6.51. The van der Waals surface area contributed by atoms with Crippen LogP contribution in [0.25, 0.3) is 0 Å². The van der Waals surface area contributed by atoms with Crippen LogP contribution in [0.1, 0.15) is 23.0 Å². The number of carbonyl (C=O) groups excluding carboxylic acids is 1. The third-order valence-corrected chi connectivity index (χ3v) is 4.18. The molecule has 0 saturated heterocycles. The van der Waals surface area contributed by atoms with Gasteiger partial charge in [-0.15, -0.1) is 0 Å². The third-order valence-electron chi connectivity index (χ3n) is 4.18. The van der Waals surface area contributed by atoms with Gasteiger partial charge in [0.1, 0.15) is 17.3 Å². The molecule has 0 aliphatic carbocycles. The molecule has 1 amide bonds. The van der Waals surface area contributed by atoms with Gasteiger partial charge in [-0.25, -0.2) is 9.97 Å². The number of rotatable bonds is 8. The highest BCUT2D eigenvalue weighted by atomic mass is 16.5. The molecule has 0 saturated carbocycles. The summed E-state index contributed by atoms with van der Waals surface area (Å²) >= 11 is 0. The van der Waals surface area contributed by atoms with Crippen molar-refractivity contribution in [3.8, 4) is 5.75 Å². The van der Waals surface area contributed by atoms with Gasteiger partial charge in [-0.2, -0.15) is 0 Å². The minimum absolute atomic E-state index is 0.248. The van der Waals surface area contributed by atoms with Crippen LogP contribution in [0.3, 0.4) is 0 Å². The van der Waals surface area contributed by atoms with Crippen LogP contribution in [-0.4, -0.2) is 41.1 Å². The first-order valence-corrected chi connectivity index (χ1v) is 9.12. The topological polar surface area (TPSA) is 80.2 Å². The summed E-state index contributed by atoms with van der Waals surface area (Å²) in [6, 6.07) is 11.3. The Morgan fingerprint density at radius 1 is 1.11 bits per heavy atom. The van der Waals surface area contributed by atoms with Crippen LogP contribution in [0.15, 0.2) is 61.2 Å². The number of aromatic nitrogens is 3. The molecule has 0 fully saturated rings. The lowest BCUT2D eigenvalue weighted by atomic mass is 10.2. The Hall–Kier alpha value is -3.48. The van der Waals surface area contributed by atoms with Crippen molar-refractivity contribution in [3.05, 3.63) is 72.4 Å². The van der Waals surface area contributed by atoms with E-state index in [1.807, 2.05) is 49.2 Å². The summed E-state index contributed by atoms with van der Waals surface area (Å²) in [4.78, 5) is 27.1. The van der Waals surface area contributed by atoms with Gasteiger partial charge in [0, 0.05) is 26.0 Å². The van der Waals surface area contributed by atoms with Gasteiger partial charge in [0.05, 0.1) is 24.7 Å². The first-order chi connectivity index (χ1) is 13.7. The minimum Gasteiger partial charge on any atom is -0.492 e. The highest BCUT2D eigenvalue weighted by Gasteiger charge is 2.12. The molecule has 2 aromatic heterocycles. The number of hydrogen-bond donors (Lipinski definition) is 1. The molecule has 3 rings (SSSR count). The van der Waals surface area contributed by atoms with Gasteiger partial charge in [0.2, 0.25) is 0 Å². The van der Waals surface area contributed by atoms with Crippen LogP contribution in [0.4, 0.5) is 11.5 Å². The van der Waals surface area contributed by atoms with Crippen LogP contribution in [0.2, 0.25) is 0 Å². The second kappa shape index (κ2) is 9.45. The van der Waals surface area contributed by atoms with Crippen LogP contribution >= 0.6 is 0 Å². The summed E-state index contributed by atoms with van der Waals surface area (Å²) in [5, 5.41) is 2.82. The van der Waals surface area contributed by atoms with E-state index in [1.165, 1.54) is 11.8 Å². The molecule has 0 unspecified atom stereocenters. The number of hydrogen-bond acceptors (Lipinski definition) is 6. The predicted molar refractivity (Wildman–Crippen MR) is 109 cm³/mol. The van der Waals surface area contributed by atoms with Gasteiger partial charge in [0.25, 0.3) is 5.91 Å². The van der Waals surface area contributed by atoms with Crippen molar-refractivity contribution in [3.63, 3.8) is 0 Å². The zero-order valence-electron chi connectivity index (χ0n) is 16.0. The fourth-order valence-electron chi connectivity index (χ4n) is 2.63. The van der Waals surface area contributed by atoms with Gasteiger partial charge in [-0.05, 0) is 43.2 Å². The molecular formula is C21H23N5O2. The number of anilines is 2. The summed E-state index contributed by atoms with van der Waals surface area (Å²) in [5.41, 5.74) is 2.06. The molecule has 2 heterocycles. The van der Waals surface area contributed by atoms with E-state index in [-0.39, 0.29) is 11.6 Å². The summed E-state index contributed by atoms with van der Waals surface area (Å²) < 4.78 is 5.53. The maximum absolute atomic E-state index is 12.5. The SMILES string of the molecule is CCOc1ccccc1NC(=O)c1cnc(N(C)CCc2ccncc2)cn1. The molecular weight excluding hydrogens is 354 g/mol. The molecule has 144 valence electrons. The number of carbonyl (C=O) groups is 1. The Morgan fingerprint density at radius 3 is 2.61 bits per heavy atom. The van der Waals surface area contributed by atoms with E-state index in [9.17, 15) is 4.79 Å². The van der Waals surface area contributed by atoms with E-state index in [4.69, 9.17) is 4.74 Å². The Bertz CT molecular complexity index is 900. The molecule has 1 N–H and O–H groups in total. The Balaban J connectivity index is 1.61. The largest absolute Gasteiger partial charge is 0.492 e. The first kappa shape index (κ1) is 19.3. The lowest BCUT2D eigenvalue weighted by Gasteiger charge is -2.17. The van der Waals surface area contributed by atoms with E-state index in [0.29, 0.717) is 23.9 Å². The number of ether oxygens (including phenoxy) is 1. The van der Waals surface area contributed by atoms with Gasteiger partial charge >= 0.3 is 0 Å². The molecule has 7 nitrogen and oxygen atoms in total.